The van der Waals surface area contributed by atoms with Crippen molar-refractivity contribution >= 4 is 5.78 Å². The minimum absolute atomic E-state index is 0.219. The van der Waals surface area contributed by atoms with E-state index in [2.05, 4.69) is 13.8 Å². The fourth-order valence-electron chi connectivity index (χ4n) is 2.22. The molecule has 0 fully saturated rings. The van der Waals surface area contributed by atoms with Crippen LogP contribution < -0.4 is 0 Å². The molecule has 2 aromatic carbocycles. The van der Waals surface area contributed by atoms with E-state index < -0.39 is 11.9 Å². The van der Waals surface area contributed by atoms with Gasteiger partial charge in [0.1, 0.15) is 6.10 Å². The highest BCUT2D eigenvalue weighted by Gasteiger charge is 2.20. The van der Waals surface area contributed by atoms with Crippen LogP contribution in [0.3, 0.4) is 0 Å². The summed E-state index contributed by atoms with van der Waals surface area (Å²) in [6.45, 7) is 5.87. The first-order valence-corrected chi connectivity index (χ1v) is 8.69. The summed E-state index contributed by atoms with van der Waals surface area (Å²) >= 11 is 0. The largest absolute Gasteiger partial charge is 0.392 e. The van der Waals surface area contributed by atoms with Crippen LogP contribution in [0.4, 0.5) is 0 Å². The van der Waals surface area contributed by atoms with Crippen molar-refractivity contribution in [2.45, 2.75) is 39.4 Å². The van der Waals surface area contributed by atoms with E-state index in [9.17, 15) is 15.0 Å². The van der Waals surface area contributed by atoms with Crippen LogP contribution in [0, 0.1) is 0 Å². The minimum atomic E-state index is -1.20. The Morgan fingerprint density at radius 3 is 2.08 bits per heavy atom. The maximum absolute atomic E-state index is 12.2. The smallest absolute Gasteiger partial charge is 0.196 e. The van der Waals surface area contributed by atoms with Crippen molar-refractivity contribution in [3.8, 4) is 0 Å². The molecule has 0 aliphatic carbocycles. The van der Waals surface area contributed by atoms with Gasteiger partial charge in [0.15, 0.2) is 5.78 Å². The first-order valence-electron chi connectivity index (χ1n) is 8.69. The van der Waals surface area contributed by atoms with Crippen molar-refractivity contribution in [3.63, 3.8) is 0 Å². The first-order chi connectivity index (χ1) is 12.2. The fourth-order valence-corrected chi connectivity index (χ4v) is 2.22. The van der Waals surface area contributed by atoms with Crippen LogP contribution >= 0.6 is 0 Å². The Labute approximate surface area is 150 Å². The van der Waals surface area contributed by atoms with Crippen molar-refractivity contribution in [1.29, 1.82) is 0 Å². The molecule has 0 saturated carbocycles. The Morgan fingerprint density at radius 1 is 0.960 bits per heavy atom. The molecule has 2 N–H and O–H groups in total. The lowest BCUT2D eigenvalue weighted by Crippen LogP contribution is -2.14. The van der Waals surface area contributed by atoms with Gasteiger partial charge in [-0.2, -0.15) is 0 Å². The topological polar surface area (TPSA) is 66.8 Å². The molecule has 0 aliphatic rings. The van der Waals surface area contributed by atoms with Gasteiger partial charge in [-0.1, -0.05) is 68.4 Å². The zero-order chi connectivity index (χ0) is 18.5. The van der Waals surface area contributed by atoms with Crippen molar-refractivity contribution in [2.24, 2.45) is 0 Å². The molecule has 0 aromatic heterocycles. The van der Waals surface area contributed by atoms with Gasteiger partial charge in [0.05, 0.1) is 6.61 Å². The monoisotopic (exact) mass is 344 g/mol. The number of carbonyl (C=O) groups excluding carboxylic acids is 1. The summed E-state index contributed by atoms with van der Waals surface area (Å²) < 4.78 is 5.13. The lowest BCUT2D eigenvalue weighted by molar-refractivity contribution is 0.0744. The molecule has 0 heterocycles. The second-order valence-electron chi connectivity index (χ2n) is 5.61. The molecule has 136 valence electrons. The van der Waals surface area contributed by atoms with E-state index in [1.54, 1.807) is 48.5 Å². The number of Topliss-reactive ketones (excluding diaryl/α,β-unsaturated/α-hetero) is 1. The number of aliphatic hydroxyl groups is 2. The van der Waals surface area contributed by atoms with Crippen LogP contribution in [0.5, 0.6) is 0 Å². The number of carbonyl (C=O) groups is 1. The highest BCUT2D eigenvalue weighted by atomic mass is 16.5. The van der Waals surface area contributed by atoms with Crippen molar-refractivity contribution in [1.82, 2.24) is 0 Å². The number of aliphatic hydroxyl groups excluding tert-OH is 2. The Bertz CT molecular complexity index is 606. The lowest BCUT2D eigenvalue weighted by Gasteiger charge is -2.12. The molecule has 4 heteroatoms. The Morgan fingerprint density at radius 2 is 1.52 bits per heavy atom. The molecule has 1 atom stereocenters. The highest BCUT2D eigenvalue weighted by Crippen LogP contribution is 2.20. The average Bonchev–Trinajstić information content (AvgIpc) is 2.68. The van der Waals surface area contributed by atoms with E-state index in [0.29, 0.717) is 16.7 Å². The Balaban J connectivity index is 0.000000381. The minimum Gasteiger partial charge on any atom is -0.392 e. The molecule has 1 unspecified atom stereocenters. The van der Waals surface area contributed by atoms with Gasteiger partial charge in [0.25, 0.3) is 0 Å². The van der Waals surface area contributed by atoms with Gasteiger partial charge in [-0.25, -0.2) is 0 Å². The van der Waals surface area contributed by atoms with Gasteiger partial charge in [-0.15, -0.1) is 0 Å². The third-order valence-corrected chi connectivity index (χ3v) is 3.51. The molecule has 25 heavy (non-hydrogen) atoms. The van der Waals surface area contributed by atoms with E-state index in [4.69, 9.17) is 4.74 Å². The number of rotatable bonds is 8. The van der Waals surface area contributed by atoms with E-state index in [0.717, 1.165) is 26.1 Å². The van der Waals surface area contributed by atoms with Gasteiger partial charge in [0.2, 0.25) is 0 Å². The lowest BCUT2D eigenvalue weighted by atomic mass is 9.96. The fraction of sp³-hybridized carbons (Fsp3) is 0.381. The summed E-state index contributed by atoms with van der Waals surface area (Å²) in [4.78, 5) is 12.2. The second-order valence-corrected chi connectivity index (χ2v) is 5.61. The van der Waals surface area contributed by atoms with Crippen LogP contribution in [0.1, 0.15) is 54.3 Å². The summed E-state index contributed by atoms with van der Waals surface area (Å²) in [5, 5.41) is 19.2. The van der Waals surface area contributed by atoms with Crippen LogP contribution in [-0.2, 0) is 11.3 Å². The molecule has 2 rings (SSSR count). The molecule has 0 bridgehead atoms. The molecular formula is C21H28O4. The second kappa shape index (κ2) is 12.4. The van der Waals surface area contributed by atoms with E-state index in [-0.39, 0.29) is 6.61 Å². The molecule has 0 aliphatic heterocycles. The van der Waals surface area contributed by atoms with Crippen molar-refractivity contribution < 1.29 is 19.7 Å². The number of benzene rings is 2. The summed E-state index contributed by atoms with van der Waals surface area (Å²) in [6, 6.07) is 15.5. The average molecular weight is 344 g/mol. The van der Waals surface area contributed by atoms with Gasteiger partial charge >= 0.3 is 0 Å². The van der Waals surface area contributed by atoms with E-state index >= 15 is 0 Å². The molecular weight excluding hydrogens is 316 g/mol. The molecule has 0 amide bonds. The number of hydrogen-bond donors (Lipinski definition) is 2. The number of ether oxygens (including phenoxy) is 1. The van der Waals surface area contributed by atoms with Gasteiger partial charge in [-0.3, -0.25) is 4.79 Å². The SMILES string of the molecule is CCCOCCC.O=C(c1ccccc1CO)C(O)c1ccccc1. The third-order valence-electron chi connectivity index (χ3n) is 3.51. The van der Waals surface area contributed by atoms with Crippen LogP contribution in [0.2, 0.25) is 0 Å². The van der Waals surface area contributed by atoms with Crippen molar-refractivity contribution in [2.75, 3.05) is 13.2 Å². The zero-order valence-corrected chi connectivity index (χ0v) is 15.0. The third kappa shape index (κ3) is 7.18. The Hall–Kier alpha value is -2.01. The number of ketones is 1. The maximum atomic E-state index is 12.2. The standard InChI is InChI=1S/C15H14O3.C6H14O/c16-10-12-8-4-5-9-13(12)15(18)14(17)11-6-2-1-3-7-11;1-3-5-7-6-4-2/h1-9,14,16-17H,10H2;3-6H2,1-2H3. The molecule has 0 spiro atoms. The normalized spacial score (nSPS) is 11.4. The van der Waals surface area contributed by atoms with E-state index in [1.165, 1.54) is 0 Å². The summed E-state index contributed by atoms with van der Waals surface area (Å²) in [6.07, 6.45) is 1.08. The molecule has 0 radical (unpaired) electrons. The predicted molar refractivity (Wildman–Crippen MR) is 99.5 cm³/mol. The van der Waals surface area contributed by atoms with Crippen LogP contribution in [0.15, 0.2) is 54.6 Å². The summed E-state index contributed by atoms with van der Waals surface area (Å²) in [7, 11) is 0. The number of hydrogen-bond acceptors (Lipinski definition) is 4. The molecule has 2 aromatic rings. The van der Waals surface area contributed by atoms with Gasteiger partial charge in [0, 0.05) is 18.8 Å². The quantitative estimate of drug-likeness (QED) is 0.563. The van der Waals surface area contributed by atoms with Gasteiger partial charge in [-0.05, 0) is 24.0 Å². The zero-order valence-electron chi connectivity index (χ0n) is 15.0. The predicted octanol–water partition coefficient (Wildman–Crippen LogP) is 3.92. The van der Waals surface area contributed by atoms with E-state index in [1.807, 2.05) is 6.07 Å². The summed E-state index contributed by atoms with van der Waals surface area (Å²) in [5.41, 5.74) is 1.43. The summed E-state index contributed by atoms with van der Waals surface area (Å²) in [5.74, 6) is -0.397. The van der Waals surface area contributed by atoms with Crippen LogP contribution in [0.25, 0.3) is 0 Å². The van der Waals surface area contributed by atoms with Gasteiger partial charge < -0.3 is 14.9 Å². The molecule has 0 saturated heterocycles. The van der Waals surface area contributed by atoms with Crippen molar-refractivity contribution in [3.05, 3.63) is 71.3 Å². The Kier molecular flexibility index (Phi) is 10.4. The van der Waals surface area contributed by atoms with Crippen LogP contribution in [-0.4, -0.2) is 29.2 Å². The maximum Gasteiger partial charge on any atom is 0.196 e. The highest BCUT2D eigenvalue weighted by molar-refractivity contribution is 6.01. The molecule has 4 nitrogen and oxygen atoms in total. The first kappa shape index (κ1) is 21.0.